The van der Waals surface area contributed by atoms with E-state index in [1.807, 2.05) is 0 Å². The molecule has 2 heterocycles. The molecule has 3 N–H and O–H groups in total. The Morgan fingerprint density at radius 2 is 2.05 bits per heavy atom. The van der Waals surface area contributed by atoms with Crippen molar-refractivity contribution in [1.29, 1.82) is 0 Å². The van der Waals surface area contributed by atoms with Crippen molar-refractivity contribution in [2.24, 2.45) is 5.73 Å². The third-order valence-corrected chi connectivity index (χ3v) is 3.51. The summed E-state index contributed by atoms with van der Waals surface area (Å²) in [7, 11) is 0. The van der Waals surface area contributed by atoms with Crippen molar-refractivity contribution >= 4 is 11.3 Å². The molecule has 0 aliphatic rings. The fourth-order valence-electron chi connectivity index (χ4n) is 1.56. The zero-order chi connectivity index (χ0) is 14.0. The van der Waals surface area contributed by atoms with Gasteiger partial charge in [-0.3, -0.25) is 5.10 Å². The van der Waals surface area contributed by atoms with Crippen LogP contribution >= 0.6 is 11.3 Å². The van der Waals surface area contributed by atoms with E-state index >= 15 is 0 Å². The Bertz CT molecular complexity index is 560. The van der Waals surface area contributed by atoms with Gasteiger partial charge in [0.05, 0.1) is 15.6 Å². The van der Waals surface area contributed by atoms with E-state index in [0.717, 1.165) is 5.01 Å². The van der Waals surface area contributed by atoms with E-state index < -0.39 is 12.6 Å². The Morgan fingerprint density at radius 1 is 1.32 bits per heavy atom. The van der Waals surface area contributed by atoms with E-state index in [2.05, 4.69) is 20.2 Å². The molecule has 0 atom stereocenters. The molecule has 19 heavy (non-hydrogen) atoms. The first-order valence-electron chi connectivity index (χ1n) is 5.54. The third kappa shape index (κ3) is 3.51. The van der Waals surface area contributed by atoms with E-state index in [0.29, 0.717) is 23.5 Å². The van der Waals surface area contributed by atoms with Gasteiger partial charge in [0.25, 0.3) is 0 Å². The quantitative estimate of drug-likeness (QED) is 0.900. The van der Waals surface area contributed by atoms with Crippen molar-refractivity contribution in [3.63, 3.8) is 0 Å². The normalized spacial score (nSPS) is 12.1. The van der Waals surface area contributed by atoms with Gasteiger partial charge in [0.2, 0.25) is 0 Å². The summed E-state index contributed by atoms with van der Waals surface area (Å²) in [6, 6.07) is 0. The minimum atomic E-state index is -4.30. The number of alkyl halides is 3. The van der Waals surface area contributed by atoms with Crippen molar-refractivity contribution in [2.45, 2.75) is 25.9 Å². The Balaban J connectivity index is 2.22. The molecular formula is C10H12F3N5S. The number of hydrogen-bond donors (Lipinski definition) is 2. The third-order valence-electron chi connectivity index (χ3n) is 2.30. The second kappa shape index (κ2) is 5.25. The summed E-state index contributed by atoms with van der Waals surface area (Å²) in [5, 5.41) is 6.94. The molecule has 0 saturated heterocycles. The number of aryl methyl sites for hydroxylation is 1. The van der Waals surface area contributed by atoms with Crippen molar-refractivity contribution < 1.29 is 13.2 Å². The molecule has 5 nitrogen and oxygen atoms in total. The molecule has 2 aromatic rings. The van der Waals surface area contributed by atoms with Crippen LogP contribution in [0.25, 0.3) is 10.7 Å². The molecule has 0 amide bonds. The first kappa shape index (κ1) is 13.9. The minimum absolute atomic E-state index is 0.198. The lowest BCUT2D eigenvalue weighted by atomic mass is 10.3. The summed E-state index contributed by atoms with van der Waals surface area (Å²) in [5.41, 5.74) is 6.14. The molecule has 0 aliphatic carbocycles. The Hall–Kier alpha value is -1.48. The number of nitrogens with two attached hydrogens (primary N) is 1. The molecule has 9 heteroatoms. The first-order chi connectivity index (χ1) is 8.89. The highest BCUT2D eigenvalue weighted by molar-refractivity contribution is 7.15. The second-order valence-corrected chi connectivity index (χ2v) is 5.04. The van der Waals surface area contributed by atoms with Gasteiger partial charge in [-0.1, -0.05) is 0 Å². The van der Waals surface area contributed by atoms with Crippen LogP contribution in [0, 0.1) is 6.92 Å². The molecule has 0 radical (unpaired) electrons. The molecule has 0 fully saturated rings. The summed E-state index contributed by atoms with van der Waals surface area (Å²) < 4.78 is 36.7. The molecule has 104 valence electrons. The number of nitrogens with one attached hydrogen (secondary N) is 1. The number of hydrogen-bond acceptors (Lipinski definition) is 5. The Morgan fingerprint density at radius 3 is 2.68 bits per heavy atom. The zero-order valence-electron chi connectivity index (χ0n) is 10.1. The minimum Gasteiger partial charge on any atom is -0.330 e. The number of aromatic nitrogens is 4. The number of aromatic amines is 1. The van der Waals surface area contributed by atoms with Crippen LogP contribution in [0.1, 0.15) is 16.5 Å². The summed E-state index contributed by atoms with van der Waals surface area (Å²) in [6.07, 6.45) is -4.79. The van der Waals surface area contributed by atoms with Gasteiger partial charge < -0.3 is 5.73 Å². The van der Waals surface area contributed by atoms with E-state index in [1.54, 1.807) is 6.92 Å². The molecular weight excluding hydrogens is 279 g/mol. The highest BCUT2D eigenvalue weighted by atomic mass is 32.1. The van der Waals surface area contributed by atoms with Gasteiger partial charge >= 0.3 is 6.18 Å². The maximum atomic E-state index is 12.2. The van der Waals surface area contributed by atoms with Crippen LogP contribution in [0.5, 0.6) is 0 Å². The molecule has 0 bridgehead atoms. The van der Waals surface area contributed by atoms with Crippen LogP contribution in [0.4, 0.5) is 13.2 Å². The lowest BCUT2D eigenvalue weighted by Crippen LogP contribution is -2.12. The topological polar surface area (TPSA) is 80.5 Å². The lowest BCUT2D eigenvalue weighted by Gasteiger charge is -2.00. The van der Waals surface area contributed by atoms with E-state index in [-0.39, 0.29) is 11.6 Å². The summed E-state index contributed by atoms with van der Waals surface area (Å²) >= 11 is 1.35. The zero-order valence-corrected chi connectivity index (χ0v) is 10.9. The molecule has 0 aliphatic heterocycles. The van der Waals surface area contributed by atoms with Crippen molar-refractivity contribution in [3.05, 3.63) is 16.5 Å². The van der Waals surface area contributed by atoms with Crippen LogP contribution < -0.4 is 5.73 Å². The van der Waals surface area contributed by atoms with Crippen LogP contribution in [0.3, 0.4) is 0 Å². The molecule has 0 unspecified atom stereocenters. The van der Waals surface area contributed by atoms with E-state index in [4.69, 9.17) is 5.73 Å². The average molecular weight is 291 g/mol. The van der Waals surface area contributed by atoms with Crippen molar-refractivity contribution in [3.8, 4) is 10.7 Å². The van der Waals surface area contributed by atoms with Gasteiger partial charge in [0, 0.05) is 6.42 Å². The fraction of sp³-hybridized carbons (Fsp3) is 0.500. The number of rotatable bonds is 4. The molecule has 0 saturated carbocycles. The van der Waals surface area contributed by atoms with Gasteiger partial charge in [-0.25, -0.2) is 9.97 Å². The van der Waals surface area contributed by atoms with Gasteiger partial charge in [-0.2, -0.15) is 18.3 Å². The molecule has 2 aromatic heterocycles. The fourth-order valence-corrected chi connectivity index (χ4v) is 2.57. The largest absolute Gasteiger partial charge is 0.396 e. The molecule has 0 spiro atoms. The Labute approximate surface area is 111 Å². The van der Waals surface area contributed by atoms with Crippen LogP contribution in [0.15, 0.2) is 0 Å². The monoisotopic (exact) mass is 291 g/mol. The lowest BCUT2D eigenvalue weighted by molar-refractivity contribution is -0.128. The first-order valence-corrected chi connectivity index (χ1v) is 6.35. The van der Waals surface area contributed by atoms with Gasteiger partial charge in [-0.05, 0) is 13.5 Å². The molecule has 0 aromatic carbocycles. The second-order valence-electron chi connectivity index (χ2n) is 3.96. The van der Waals surface area contributed by atoms with Gasteiger partial charge in [-0.15, -0.1) is 11.3 Å². The number of nitrogens with zero attached hydrogens (tertiary/aromatic N) is 3. The van der Waals surface area contributed by atoms with Gasteiger partial charge in [0.1, 0.15) is 12.2 Å². The summed E-state index contributed by atoms with van der Waals surface area (Å²) in [6.45, 7) is 2.24. The SMILES string of the molecule is Cc1nc(CCN)sc1-c1n[nH]c(CC(F)(F)F)n1. The van der Waals surface area contributed by atoms with Gasteiger partial charge in [0.15, 0.2) is 5.82 Å². The number of thiazole rings is 1. The number of H-pyrrole nitrogens is 1. The van der Waals surface area contributed by atoms with Crippen LogP contribution in [-0.2, 0) is 12.8 Å². The highest BCUT2D eigenvalue weighted by Crippen LogP contribution is 2.28. The highest BCUT2D eigenvalue weighted by Gasteiger charge is 2.30. The predicted octanol–water partition coefficient (Wildman–Crippen LogP) is 1.84. The smallest absolute Gasteiger partial charge is 0.330 e. The van der Waals surface area contributed by atoms with E-state index in [1.165, 1.54) is 11.3 Å². The van der Waals surface area contributed by atoms with Crippen LogP contribution in [0.2, 0.25) is 0 Å². The Kier molecular flexibility index (Phi) is 3.85. The average Bonchev–Trinajstić information content (AvgIpc) is 2.84. The molecule has 2 rings (SSSR count). The van der Waals surface area contributed by atoms with Crippen molar-refractivity contribution in [2.75, 3.05) is 6.54 Å². The summed E-state index contributed by atoms with van der Waals surface area (Å²) in [5.74, 6) is 0.0493. The summed E-state index contributed by atoms with van der Waals surface area (Å²) in [4.78, 5) is 8.81. The standard InChI is InChI=1S/C10H12F3N5S/c1-5-8(19-7(15-5)2-3-14)9-16-6(17-18-9)4-10(11,12)13/h2-4,14H2,1H3,(H,16,17,18). The predicted molar refractivity (Wildman–Crippen MR) is 64.7 cm³/mol. The van der Waals surface area contributed by atoms with Crippen LogP contribution in [-0.4, -0.2) is 32.9 Å². The maximum Gasteiger partial charge on any atom is 0.396 e. The maximum absolute atomic E-state index is 12.2. The number of halogens is 3. The van der Waals surface area contributed by atoms with E-state index in [9.17, 15) is 13.2 Å². The van der Waals surface area contributed by atoms with Crippen molar-refractivity contribution in [1.82, 2.24) is 20.2 Å².